The van der Waals surface area contributed by atoms with Crippen molar-refractivity contribution in [2.75, 3.05) is 39.3 Å². The summed E-state index contributed by atoms with van der Waals surface area (Å²) in [6.07, 6.45) is 5.74. The average molecular weight is 456 g/mol. The Labute approximate surface area is 189 Å². The quantitative estimate of drug-likeness (QED) is 0.399. The molecule has 1 aromatic rings. The summed E-state index contributed by atoms with van der Waals surface area (Å²) in [6, 6.07) is 12.8. The van der Waals surface area contributed by atoms with E-state index in [4.69, 9.17) is 0 Å². The molecule has 2 atom stereocenters. The molecule has 6 nitrogen and oxygen atoms in total. The van der Waals surface area contributed by atoms with Gasteiger partial charge in [-0.2, -0.15) is 0 Å². The van der Waals surface area contributed by atoms with Crippen molar-refractivity contribution in [2.45, 2.75) is 58.2 Å². The smallest absolute Gasteiger partial charge is 0.101 e. The topological polar surface area (TPSA) is 107 Å². The standard InChI is InChI=1S/C21H35N3.2ClH.3H2O/c1-3-22(4-2)14-9-15-24-20-12-8-13-21(24)18-23(17-20)16-19-10-6-5-7-11-19;;;;;/h5-7,10-11,20-21H,3-4,8-9,12-18H2,1-2H3;2*1H;3*1H2. The molecule has 0 radical (unpaired) electrons. The van der Waals surface area contributed by atoms with E-state index in [0.29, 0.717) is 0 Å². The highest BCUT2D eigenvalue weighted by atomic mass is 35.5. The maximum atomic E-state index is 2.73. The highest BCUT2D eigenvalue weighted by Gasteiger charge is 2.40. The molecule has 2 heterocycles. The summed E-state index contributed by atoms with van der Waals surface area (Å²) in [5.41, 5.74) is 1.48. The molecular formula is C21H43Cl2N3O3. The van der Waals surface area contributed by atoms with Crippen LogP contribution in [0.3, 0.4) is 0 Å². The van der Waals surface area contributed by atoms with Crippen molar-refractivity contribution >= 4 is 0 Å². The SMILES string of the molecule is CC[NH+](CC)CCC[NH+]1C2CCCC1CN(Cc1ccccc1)C2.O.O.O.[Cl-].[Cl-]. The number of benzene rings is 1. The second kappa shape index (κ2) is 17.3. The first-order valence-corrected chi connectivity index (χ1v) is 10.3. The molecule has 2 saturated heterocycles. The first-order valence-electron chi connectivity index (χ1n) is 10.3. The minimum atomic E-state index is 0. The van der Waals surface area contributed by atoms with E-state index in [1.807, 2.05) is 4.90 Å². The summed E-state index contributed by atoms with van der Waals surface area (Å²) in [5, 5.41) is 0. The molecular weight excluding hydrogens is 413 g/mol. The number of likely N-dealkylation sites (tertiary alicyclic amines) is 1. The molecule has 0 amide bonds. The molecule has 2 aliphatic heterocycles. The lowest BCUT2D eigenvalue weighted by atomic mass is 9.90. The molecule has 0 spiro atoms. The molecule has 0 aromatic heterocycles. The normalized spacial score (nSPS) is 22.8. The van der Waals surface area contributed by atoms with Crippen molar-refractivity contribution in [1.82, 2.24) is 4.90 Å². The van der Waals surface area contributed by atoms with Gasteiger partial charge in [-0.25, -0.2) is 0 Å². The van der Waals surface area contributed by atoms with Crippen molar-refractivity contribution in [1.29, 1.82) is 0 Å². The molecule has 3 rings (SSSR count). The fourth-order valence-electron chi connectivity index (χ4n) is 4.95. The van der Waals surface area contributed by atoms with Gasteiger partial charge in [-0.1, -0.05) is 30.3 Å². The van der Waals surface area contributed by atoms with Gasteiger partial charge < -0.3 is 51.0 Å². The molecule has 2 unspecified atom stereocenters. The van der Waals surface area contributed by atoms with Gasteiger partial charge in [0.15, 0.2) is 0 Å². The van der Waals surface area contributed by atoms with Crippen molar-refractivity contribution in [3.8, 4) is 0 Å². The number of fused-ring (bicyclic) bond motifs is 2. The van der Waals surface area contributed by atoms with Crippen LogP contribution in [-0.4, -0.2) is 72.7 Å². The van der Waals surface area contributed by atoms with Crippen LogP contribution in [0.25, 0.3) is 0 Å². The Bertz CT molecular complexity index is 481. The Morgan fingerprint density at radius 1 is 0.931 bits per heavy atom. The van der Waals surface area contributed by atoms with Crippen molar-refractivity contribution in [2.24, 2.45) is 0 Å². The van der Waals surface area contributed by atoms with Crippen LogP contribution in [-0.2, 0) is 6.54 Å². The fourth-order valence-corrected chi connectivity index (χ4v) is 4.95. The van der Waals surface area contributed by atoms with E-state index in [-0.39, 0.29) is 41.2 Å². The van der Waals surface area contributed by atoms with Gasteiger partial charge in [0.2, 0.25) is 0 Å². The molecule has 8 heteroatoms. The van der Waals surface area contributed by atoms with Crippen LogP contribution < -0.4 is 34.6 Å². The monoisotopic (exact) mass is 455 g/mol. The Morgan fingerprint density at radius 3 is 2.00 bits per heavy atom. The molecule has 1 aromatic carbocycles. The summed E-state index contributed by atoms with van der Waals surface area (Å²) < 4.78 is 0. The molecule has 29 heavy (non-hydrogen) atoms. The number of hydrogen-bond donors (Lipinski definition) is 2. The van der Waals surface area contributed by atoms with Gasteiger partial charge in [-0.05, 0) is 25.8 Å². The number of nitrogens with one attached hydrogen (secondary N) is 2. The lowest BCUT2D eigenvalue weighted by Crippen LogP contribution is -3.23. The first kappa shape index (κ1) is 33.2. The highest BCUT2D eigenvalue weighted by Crippen LogP contribution is 2.17. The lowest BCUT2D eigenvalue weighted by molar-refractivity contribution is -0.965. The van der Waals surface area contributed by atoms with Gasteiger partial charge in [0.25, 0.3) is 0 Å². The van der Waals surface area contributed by atoms with Gasteiger partial charge in [0, 0.05) is 25.8 Å². The minimum absolute atomic E-state index is 0. The number of hydrogen-bond acceptors (Lipinski definition) is 1. The molecule has 2 bridgehead atoms. The number of quaternary nitrogens is 2. The molecule has 2 fully saturated rings. The molecule has 0 aliphatic carbocycles. The van der Waals surface area contributed by atoms with Crippen molar-refractivity contribution < 1.29 is 51.0 Å². The van der Waals surface area contributed by atoms with E-state index in [1.165, 1.54) is 70.5 Å². The van der Waals surface area contributed by atoms with Crippen molar-refractivity contribution in [3.05, 3.63) is 35.9 Å². The third-order valence-corrected chi connectivity index (χ3v) is 6.36. The average Bonchev–Trinajstić information content (AvgIpc) is 2.60. The predicted octanol–water partition coefficient (Wildman–Crippen LogP) is -7.84. The third kappa shape index (κ3) is 9.49. The van der Waals surface area contributed by atoms with Gasteiger partial charge in [-0.3, -0.25) is 4.90 Å². The molecule has 2 aliphatic rings. The van der Waals surface area contributed by atoms with Gasteiger partial charge in [-0.15, -0.1) is 0 Å². The van der Waals surface area contributed by atoms with E-state index < -0.39 is 0 Å². The zero-order chi connectivity index (χ0) is 16.8. The zero-order valence-electron chi connectivity index (χ0n) is 18.0. The predicted molar refractivity (Wildman–Crippen MR) is 111 cm³/mol. The summed E-state index contributed by atoms with van der Waals surface area (Å²) in [6.45, 7) is 13.7. The van der Waals surface area contributed by atoms with E-state index in [0.717, 1.165) is 18.6 Å². The maximum absolute atomic E-state index is 2.73. The second-order valence-electron chi connectivity index (χ2n) is 7.89. The van der Waals surface area contributed by atoms with Crippen LogP contribution in [0.2, 0.25) is 0 Å². The Kier molecular flexibility index (Phi) is 19.8. The van der Waals surface area contributed by atoms with Crippen LogP contribution in [0.5, 0.6) is 0 Å². The van der Waals surface area contributed by atoms with E-state index in [2.05, 4.69) is 49.1 Å². The van der Waals surface area contributed by atoms with Gasteiger partial charge in [0.1, 0.15) is 12.1 Å². The molecule has 8 N–H and O–H groups in total. The number of halogens is 2. The minimum Gasteiger partial charge on any atom is -1.00 e. The number of piperidine rings is 1. The van der Waals surface area contributed by atoms with Crippen LogP contribution in [0.4, 0.5) is 0 Å². The third-order valence-electron chi connectivity index (χ3n) is 6.36. The van der Waals surface area contributed by atoms with Gasteiger partial charge in [0.05, 0.1) is 39.3 Å². The van der Waals surface area contributed by atoms with E-state index in [1.54, 1.807) is 4.90 Å². The van der Waals surface area contributed by atoms with Crippen LogP contribution in [0.1, 0.15) is 45.1 Å². The summed E-state index contributed by atoms with van der Waals surface area (Å²) >= 11 is 0. The molecule has 0 saturated carbocycles. The van der Waals surface area contributed by atoms with E-state index in [9.17, 15) is 0 Å². The number of nitrogens with zero attached hydrogens (tertiary/aromatic N) is 1. The van der Waals surface area contributed by atoms with Gasteiger partial charge >= 0.3 is 0 Å². The van der Waals surface area contributed by atoms with Crippen LogP contribution in [0, 0.1) is 0 Å². The zero-order valence-corrected chi connectivity index (χ0v) is 19.5. The second-order valence-corrected chi connectivity index (χ2v) is 7.89. The molecule has 174 valence electrons. The van der Waals surface area contributed by atoms with Crippen molar-refractivity contribution in [3.63, 3.8) is 0 Å². The summed E-state index contributed by atoms with van der Waals surface area (Å²) in [4.78, 5) is 6.43. The van der Waals surface area contributed by atoms with Crippen LogP contribution in [0.15, 0.2) is 30.3 Å². The van der Waals surface area contributed by atoms with E-state index >= 15 is 0 Å². The largest absolute Gasteiger partial charge is 1.00 e. The lowest BCUT2D eigenvalue weighted by Gasteiger charge is -2.47. The summed E-state index contributed by atoms with van der Waals surface area (Å²) in [7, 11) is 0. The Morgan fingerprint density at radius 2 is 1.48 bits per heavy atom. The maximum Gasteiger partial charge on any atom is 0.101 e. The highest BCUT2D eigenvalue weighted by molar-refractivity contribution is 5.14. The first-order chi connectivity index (χ1) is 11.8. The Balaban J connectivity index is -0.00000135. The summed E-state index contributed by atoms with van der Waals surface area (Å²) in [5.74, 6) is 0. The fraction of sp³-hybridized carbons (Fsp3) is 0.714. The number of piperazine rings is 1. The van der Waals surface area contributed by atoms with Crippen LogP contribution >= 0.6 is 0 Å². The Hall–Kier alpha value is -0.440. The number of rotatable bonds is 8.